The van der Waals surface area contributed by atoms with Gasteiger partial charge in [-0.05, 0) is 50.8 Å². The molecule has 102 valence electrons. The van der Waals surface area contributed by atoms with Crippen molar-refractivity contribution in [2.45, 2.75) is 32.7 Å². The van der Waals surface area contributed by atoms with Crippen molar-refractivity contribution in [1.82, 2.24) is 10.2 Å². The van der Waals surface area contributed by atoms with Crippen LogP contribution >= 0.6 is 0 Å². The number of nitrogens with zero attached hydrogens (tertiary/aromatic N) is 1. The number of amides is 1. The van der Waals surface area contributed by atoms with E-state index in [-0.39, 0.29) is 5.91 Å². The van der Waals surface area contributed by atoms with Crippen molar-refractivity contribution < 1.29 is 4.79 Å². The van der Waals surface area contributed by atoms with Crippen LogP contribution in [0.4, 0.5) is 0 Å². The first kappa shape index (κ1) is 12.7. The Labute approximate surface area is 115 Å². The lowest BCUT2D eigenvalue weighted by Gasteiger charge is -2.24. The fourth-order valence-electron chi connectivity index (χ4n) is 3.44. The minimum Gasteiger partial charge on any atom is -0.337 e. The Morgan fingerprint density at radius 2 is 2.16 bits per heavy atom. The molecule has 1 N–H and O–H groups in total. The molecule has 2 saturated heterocycles. The zero-order valence-corrected chi connectivity index (χ0v) is 11.8. The van der Waals surface area contributed by atoms with Gasteiger partial charge in [-0.2, -0.15) is 0 Å². The van der Waals surface area contributed by atoms with E-state index >= 15 is 0 Å². The van der Waals surface area contributed by atoms with Crippen LogP contribution in [0.3, 0.4) is 0 Å². The van der Waals surface area contributed by atoms with Crippen LogP contribution in [0, 0.1) is 19.8 Å². The number of nitrogens with one attached hydrogen (secondary N) is 1. The van der Waals surface area contributed by atoms with Crippen LogP contribution in [0.2, 0.25) is 0 Å². The molecule has 19 heavy (non-hydrogen) atoms. The average Bonchev–Trinajstić information content (AvgIpc) is 2.81. The van der Waals surface area contributed by atoms with Crippen molar-refractivity contribution in [2.24, 2.45) is 5.92 Å². The summed E-state index contributed by atoms with van der Waals surface area (Å²) in [6.45, 7) is 6.99. The van der Waals surface area contributed by atoms with Gasteiger partial charge in [-0.25, -0.2) is 0 Å². The van der Waals surface area contributed by atoms with Gasteiger partial charge in [0, 0.05) is 24.7 Å². The number of piperidine rings is 1. The minimum absolute atomic E-state index is 0.203. The zero-order valence-electron chi connectivity index (χ0n) is 11.8. The maximum atomic E-state index is 12.6. The molecule has 0 unspecified atom stereocenters. The largest absolute Gasteiger partial charge is 0.337 e. The molecule has 3 nitrogen and oxygen atoms in total. The summed E-state index contributed by atoms with van der Waals surface area (Å²) in [4.78, 5) is 14.7. The first-order chi connectivity index (χ1) is 9.15. The highest BCUT2D eigenvalue weighted by atomic mass is 16.2. The Kier molecular flexibility index (Phi) is 3.31. The molecule has 1 aromatic carbocycles. The lowest BCUT2D eigenvalue weighted by atomic mass is 9.94. The summed E-state index contributed by atoms with van der Waals surface area (Å²) in [7, 11) is 0. The number of benzene rings is 1. The number of fused-ring (bicyclic) bond motifs is 1. The maximum absolute atomic E-state index is 12.6. The van der Waals surface area contributed by atoms with E-state index in [9.17, 15) is 4.79 Å². The second kappa shape index (κ2) is 4.97. The maximum Gasteiger partial charge on any atom is 0.254 e. The van der Waals surface area contributed by atoms with E-state index in [1.807, 2.05) is 24.0 Å². The van der Waals surface area contributed by atoms with Gasteiger partial charge in [0.05, 0.1) is 0 Å². The predicted octanol–water partition coefficient (Wildman–Crippen LogP) is 2.13. The summed E-state index contributed by atoms with van der Waals surface area (Å²) >= 11 is 0. The molecule has 3 rings (SSSR count). The third-order valence-electron chi connectivity index (χ3n) is 4.50. The topological polar surface area (TPSA) is 32.3 Å². The van der Waals surface area contributed by atoms with Crippen molar-refractivity contribution in [2.75, 3.05) is 19.6 Å². The summed E-state index contributed by atoms with van der Waals surface area (Å²) in [5.41, 5.74) is 3.17. The molecule has 3 heteroatoms. The van der Waals surface area contributed by atoms with Gasteiger partial charge in [-0.3, -0.25) is 4.79 Å². The molecule has 2 heterocycles. The molecule has 1 amide bonds. The van der Waals surface area contributed by atoms with E-state index in [0.29, 0.717) is 12.0 Å². The molecule has 0 radical (unpaired) electrons. The van der Waals surface area contributed by atoms with Crippen molar-refractivity contribution in [3.05, 3.63) is 34.9 Å². The van der Waals surface area contributed by atoms with Gasteiger partial charge in [0.25, 0.3) is 5.91 Å². The van der Waals surface area contributed by atoms with E-state index in [2.05, 4.69) is 18.3 Å². The normalized spacial score (nSPS) is 26.3. The van der Waals surface area contributed by atoms with E-state index in [1.165, 1.54) is 18.4 Å². The van der Waals surface area contributed by atoms with E-state index in [4.69, 9.17) is 0 Å². The van der Waals surface area contributed by atoms with Gasteiger partial charge >= 0.3 is 0 Å². The lowest BCUT2D eigenvalue weighted by Crippen LogP contribution is -2.41. The zero-order chi connectivity index (χ0) is 13.4. The molecule has 0 spiro atoms. The third-order valence-corrected chi connectivity index (χ3v) is 4.50. The number of hydrogen-bond donors (Lipinski definition) is 1. The van der Waals surface area contributed by atoms with E-state index in [0.717, 1.165) is 30.8 Å². The monoisotopic (exact) mass is 258 g/mol. The van der Waals surface area contributed by atoms with Gasteiger partial charge in [0.1, 0.15) is 0 Å². The quantitative estimate of drug-likeness (QED) is 0.837. The minimum atomic E-state index is 0.203. The molecule has 0 saturated carbocycles. The Morgan fingerprint density at radius 1 is 1.32 bits per heavy atom. The van der Waals surface area contributed by atoms with Gasteiger partial charge in [-0.15, -0.1) is 0 Å². The van der Waals surface area contributed by atoms with Crippen LogP contribution in [-0.4, -0.2) is 36.5 Å². The highest BCUT2D eigenvalue weighted by Gasteiger charge is 2.36. The summed E-state index contributed by atoms with van der Waals surface area (Å²) in [6.07, 6.45) is 2.50. The highest BCUT2D eigenvalue weighted by molar-refractivity contribution is 5.96. The Balaban J connectivity index is 1.77. The first-order valence-electron chi connectivity index (χ1n) is 7.25. The van der Waals surface area contributed by atoms with E-state index in [1.54, 1.807) is 0 Å². The first-order valence-corrected chi connectivity index (χ1v) is 7.25. The van der Waals surface area contributed by atoms with Crippen LogP contribution in [0.1, 0.15) is 34.3 Å². The van der Waals surface area contributed by atoms with Crippen molar-refractivity contribution in [3.63, 3.8) is 0 Å². The molecule has 0 bridgehead atoms. The lowest BCUT2D eigenvalue weighted by molar-refractivity contribution is 0.0785. The van der Waals surface area contributed by atoms with Crippen LogP contribution in [0.5, 0.6) is 0 Å². The molecule has 1 aromatic rings. The van der Waals surface area contributed by atoms with Crippen LogP contribution in [0.25, 0.3) is 0 Å². The van der Waals surface area contributed by atoms with Gasteiger partial charge in [-0.1, -0.05) is 17.7 Å². The van der Waals surface area contributed by atoms with Crippen LogP contribution < -0.4 is 5.32 Å². The SMILES string of the molecule is Cc1ccc(C(=O)N2C[C@@H]3CCCN[C@@H]3C2)c(C)c1. The fourth-order valence-corrected chi connectivity index (χ4v) is 3.44. The smallest absolute Gasteiger partial charge is 0.254 e. The van der Waals surface area contributed by atoms with Gasteiger partial charge < -0.3 is 10.2 Å². The van der Waals surface area contributed by atoms with Crippen LogP contribution in [0.15, 0.2) is 18.2 Å². The number of likely N-dealkylation sites (tertiary alicyclic amines) is 1. The molecular formula is C16H22N2O. The second-order valence-electron chi connectivity index (χ2n) is 5.99. The van der Waals surface area contributed by atoms with Crippen molar-refractivity contribution in [1.29, 1.82) is 0 Å². The summed E-state index contributed by atoms with van der Waals surface area (Å²) < 4.78 is 0. The Hall–Kier alpha value is -1.35. The van der Waals surface area contributed by atoms with Crippen molar-refractivity contribution in [3.8, 4) is 0 Å². The van der Waals surface area contributed by atoms with Crippen molar-refractivity contribution >= 4 is 5.91 Å². The Bertz CT molecular complexity index is 484. The average molecular weight is 258 g/mol. The third kappa shape index (κ3) is 2.39. The molecular weight excluding hydrogens is 236 g/mol. The van der Waals surface area contributed by atoms with Gasteiger partial charge in [0.2, 0.25) is 0 Å². The molecule has 2 atom stereocenters. The molecule has 2 aliphatic heterocycles. The number of rotatable bonds is 1. The second-order valence-corrected chi connectivity index (χ2v) is 5.99. The summed E-state index contributed by atoms with van der Waals surface area (Å²) in [5, 5.41) is 3.55. The summed E-state index contributed by atoms with van der Waals surface area (Å²) in [6, 6.07) is 6.61. The standard InChI is InChI=1S/C16H22N2O/c1-11-5-6-14(12(2)8-11)16(19)18-9-13-4-3-7-17-15(13)10-18/h5-6,8,13,15,17H,3-4,7,9-10H2,1-2H3/t13-,15+/m0/s1. The molecule has 2 aliphatic rings. The fraction of sp³-hybridized carbons (Fsp3) is 0.562. The molecule has 2 fully saturated rings. The van der Waals surface area contributed by atoms with E-state index < -0.39 is 0 Å². The predicted molar refractivity (Wildman–Crippen MR) is 76.3 cm³/mol. The molecule has 0 aromatic heterocycles. The number of aryl methyl sites for hydroxylation is 2. The highest BCUT2D eigenvalue weighted by Crippen LogP contribution is 2.26. The number of carbonyl (C=O) groups is 1. The van der Waals surface area contributed by atoms with Crippen LogP contribution in [-0.2, 0) is 0 Å². The summed E-state index contributed by atoms with van der Waals surface area (Å²) in [5.74, 6) is 0.858. The number of hydrogen-bond acceptors (Lipinski definition) is 2. The molecule has 0 aliphatic carbocycles. The Morgan fingerprint density at radius 3 is 2.89 bits per heavy atom. The van der Waals surface area contributed by atoms with Gasteiger partial charge in [0.15, 0.2) is 0 Å². The number of carbonyl (C=O) groups excluding carboxylic acids is 1.